The molecule has 11 N–H and O–H groups in total. The second kappa shape index (κ2) is 19.4. The summed E-state index contributed by atoms with van der Waals surface area (Å²) in [6, 6.07) is 37.4. The highest BCUT2D eigenvalue weighted by Crippen LogP contribution is 2.60. The molecule has 0 amide bonds. The number of carbonyl (C=O) groups excluding carboxylic acids is 2. The molecule has 15 heteroatoms. The summed E-state index contributed by atoms with van der Waals surface area (Å²) >= 11 is 0. The van der Waals surface area contributed by atoms with E-state index in [0.29, 0.717) is 22.3 Å². The van der Waals surface area contributed by atoms with Gasteiger partial charge in [0, 0.05) is 57.9 Å². The third-order valence-electron chi connectivity index (χ3n) is 14.1. The Kier molecular flexibility index (Phi) is 12.7. The number of allylic oxidation sites excluding steroid dienone is 1. The minimum atomic E-state index is -1.87. The standard InChI is InChI=1S/C60H48O15/c61-37-10-1-31(2-11-37)23-35-30-60(36-8-14-39(63)15-9-36,59(73)34-7-22-49(68)53(72)25-34)75-57(35)46-28-45(51(70)29-52(46)71)55-43-19-17-41(65)27-54(43)74-58(33-5-12-38(62)13-6-33)56(55)44-24-32(4-21-48(44)67)3-20-47(66)42-18-16-40(64)26-50(42)69/h1-22,24-29,35,55-58,61-65,67-72H,23,30H2. The van der Waals surface area contributed by atoms with Crippen molar-refractivity contribution in [3.8, 4) is 69.0 Å². The minimum absolute atomic E-state index is 0.0141. The number of phenols is 11. The van der Waals surface area contributed by atoms with Crippen LogP contribution in [0.25, 0.3) is 6.08 Å². The average molecular weight is 1010 g/mol. The Labute approximate surface area is 428 Å². The summed E-state index contributed by atoms with van der Waals surface area (Å²) in [5.74, 6) is -6.73. The van der Waals surface area contributed by atoms with Gasteiger partial charge in [-0.05, 0) is 138 Å². The maximum absolute atomic E-state index is 15.2. The Morgan fingerprint density at radius 2 is 1.13 bits per heavy atom. The summed E-state index contributed by atoms with van der Waals surface area (Å²) < 4.78 is 13.8. The lowest BCUT2D eigenvalue weighted by Gasteiger charge is -2.41. The fourth-order valence-electron chi connectivity index (χ4n) is 10.5. The van der Waals surface area contributed by atoms with E-state index in [4.69, 9.17) is 9.47 Å². The molecule has 0 bridgehead atoms. The first-order valence-electron chi connectivity index (χ1n) is 23.7. The normalized spacial score (nSPS) is 20.1. The van der Waals surface area contributed by atoms with E-state index in [9.17, 15) is 61.0 Å². The van der Waals surface area contributed by atoms with Gasteiger partial charge in [-0.25, -0.2) is 0 Å². The van der Waals surface area contributed by atoms with E-state index in [1.165, 1.54) is 103 Å². The maximum atomic E-state index is 15.2. The van der Waals surface area contributed by atoms with E-state index in [0.717, 1.165) is 23.8 Å². The monoisotopic (exact) mass is 1010 g/mol. The molecule has 1 saturated heterocycles. The van der Waals surface area contributed by atoms with Gasteiger partial charge in [0.15, 0.2) is 28.7 Å². The third-order valence-corrected chi connectivity index (χ3v) is 14.1. The van der Waals surface area contributed by atoms with Gasteiger partial charge < -0.3 is 65.6 Å². The van der Waals surface area contributed by atoms with Gasteiger partial charge in [0.1, 0.15) is 63.6 Å². The van der Waals surface area contributed by atoms with Crippen LogP contribution in [0.4, 0.5) is 0 Å². The van der Waals surface area contributed by atoms with Crippen molar-refractivity contribution in [3.05, 3.63) is 219 Å². The van der Waals surface area contributed by atoms with E-state index in [1.807, 2.05) is 0 Å². The highest BCUT2D eigenvalue weighted by Gasteiger charge is 2.54. The Morgan fingerprint density at radius 1 is 0.507 bits per heavy atom. The molecule has 0 aromatic heterocycles. The highest BCUT2D eigenvalue weighted by molar-refractivity contribution is 6.08. The number of hydrogen-bond acceptors (Lipinski definition) is 15. The molecule has 10 rings (SSSR count). The summed E-state index contributed by atoms with van der Waals surface area (Å²) in [7, 11) is 0. The first-order valence-corrected chi connectivity index (χ1v) is 23.7. The lowest BCUT2D eigenvalue weighted by atomic mass is 9.70. The van der Waals surface area contributed by atoms with Crippen LogP contribution in [0, 0.1) is 5.92 Å². The average Bonchev–Trinajstić information content (AvgIpc) is 3.78. The summed E-state index contributed by atoms with van der Waals surface area (Å²) in [6.45, 7) is 0. The summed E-state index contributed by atoms with van der Waals surface area (Å²) in [5, 5.41) is 119. The number of fused-ring (bicyclic) bond motifs is 1. The number of rotatable bonds is 12. The number of ketones is 2. The molecule has 378 valence electrons. The predicted octanol–water partition coefficient (Wildman–Crippen LogP) is 10.5. The van der Waals surface area contributed by atoms with Crippen molar-refractivity contribution in [2.45, 2.75) is 42.5 Å². The van der Waals surface area contributed by atoms with Crippen LogP contribution in [0.5, 0.6) is 69.0 Å². The van der Waals surface area contributed by atoms with E-state index < -0.39 is 75.9 Å². The van der Waals surface area contributed by atoms with Crippen molar-refractivity contribution in [1.82, 2.24) is 0 Å². The molecule has 2 heterocycles. The van der Waals surface area contributed by atoms with E-state index >= 15 is 4.79 Å². The van der Waals surface area contributed by atoms with Crippen LogP contribution < -0.4 is 4.74 Å². The van der Waals surface area contributed by atoms with Crippen molar-refractivity contribution >= 4 is 17.6 Å². The Hall–Kier alpha value is -9.60. The predicted molar refractivity (Wildman–Crippen MR) is 273 cm³/mol. The first kappa shape index (κ1) is 49.0. The third kappa shape index (κ3) is 9.39. The van der Waals surface area contributed by atoms with Crippen LogP contribution in [0.15, 0.2) is 164 Å². The molecule has 0 saturated carbocycles. The fraction of sp³-hybridized carbons (Fsp3) is 0.133. The maximum Gasteiger partial charge on any atom is 0.199 e. The van der Waals surface area contributed by atoms with Crippen molar-refractivity contribution in [2.75, 3.05) is 0 Å². The van der Waals surface area contributed by atoms with Crippen LogP contribution in [-0.2, 0) is 16.8 Å². The molecule has 0 spiro atoms. The zero-order valence-corrected chi connectivity index (χ0v) is 39.5. The highest BCUT2D eigenvalue weighted by atomic mass is 16.5. The van der Waals surface area contributed by atoms with Crippen molar-refractivity contribution < 1.29 is 75.2 Å². The van der Waals surface area contributed by atoms with Crippen molar-refractivity contribution in [3.63, 3.8) is 0 Å². The summed E-state index contributed by atoms with van der Waals surface area (Å²) in [5.41, 5.74) is 0.960. The van der Waals surface area contributed by atoms with Gasteiger partial charge in [-0.15, -0.1) is 0 Å². The molecule has 2 aliphatic heterocycles. The number of phenolic OH excluding ortho intramolecular Hbond substituents is 11. The van der Waals surface area contributed by atoms with Gasteiger partial charge in [0.05, 0.1) is 11.7 Å². The minimum Gasteiger partial charge on any atom is -0.508 e. The summed E-state index contributed by atoms with van der Waals surface area (Å²) in [4.78, 5) is 28.5. The number of aromatic hydroxyl groups is 11. The molecule has 0 radical (unpaired) electrons. The zero-order chi connectivity index (χ0) is 52.9. The molecule has 8 aromatic carbocycles. The first-order chi connectivity index (χ1) is 36.0. The molecule has 6 atom stereocenters. The van der Waals surface area contributed by atoms with E-state index in [1.54, 1.807) is 48.5 Å². The smallest absolute Gasteiger partial charge is 0.199 e. The number of hydrogen-bond donors (Lipinski definition) is 11. The second-order valence-corrected chi connectivity index (χ2v) is 18.8. The van der Waals surface area contributed by atoms with Crippen molar-refractivity contribution in [1.29, 1.82) is 0 Å². The molecule has 75 heavy (non-hydrogen) atoms. The van der Waals surface area contributed by atoms with Gasteiger partial charge in [0.25, 0.3) is 0 Å². The van der Waals surface area contributed by atoms with Gasteiger partial charge in [-0.3, -0.25) is 9.59 Å². The van der Waals surface area contributed by atoms with Gasteiger partial charge in [-0.2, -0.15) is 0 Å². The van der Waals surface area contributed by atoms with E-state index in [2.05, 4.69) is 0 Å². The second-order valence-electron chi connectivity index (χ2n) is 18.8. The Morgan fingerprint density at radius 3 is 1.83 bits per heavy atom. The van der Waals surface area contributed by atoms with Crippen LogP contribution in [0.2, 0.25) is 0 Å². The van der Waals surface area contributed by atoms with E-state index in [-0.39, 0.29) is 80.9 Å². The van der Waals surface area contributed by atoms with Crippen LogP contribution in [0.1, 0.15) is 95.7 Å². The molecular weight excluding hydrogens is 961 g/mol. The number of ether oxygens (including phenoxy) is 2. The Balaban J connectivity index is 1.16. The largest absolute Gasteiger partial charge is 0.508 e. The van der Waals surface area contributed by atoms with Gasteiger partial charge in [0.2, 0.25) is 0 Å². The fourth-order valence-corrected chi connectivity index (χ4v) is 10.5. The van der Waals surface area contributed by atoms with Gasteiger partial charge in [-0.1, -0.05) is 54.6 Å². The van der Waals surface area contributed by atoms with Crippen LogP contribution in [-0.4, -0.2) is 67.7 Å². The van der Waals surface area contributed by atoms with Gasteiger partial charge >= 0.3 is 0 Å². The van der Waals surface area contributed by atoms with Crippen molar-refractivity contribution in [2.24, 2.45) is 5.92 Å². The quantitative estimate of drug-likeness (QED) is 0.0309. The molecular formula is C60H48O15. The molecule has 15 nitrogen and oxygen atoms in total. The Bertz CT molecular complexity index is 3530. The SMILES string of the molecule is O=C(C=Cc1ccc(O)c(C2C(c3ccc(O)cc3)Oc3cc(O)ccc3C2c2cc(C3OC(C(=O)c4ccc(O)c(O)c4)(c4ccc(O)cc4)CC3Cc3ccc(O)cc3)c(O)cc2O)c1)c1ccc(O)cc1O. The zero-order valence-electron chi connectivity index (χ0n) is 39.5. The lowest BCUT2D eigenvalue weighted by Crippen LogP contribution is -2.35. The number of Topliss-reactive ketones (excluding diaryl/α,β-unsaturated/α-hetero) is 1. The van der Waals surface area contributed by atoms with Crippen LogP contribution in [0.3, 0.4) is 0 Å². The summed E-state index contributed by atoms with van der Waals surface area (Å²) in [6.07, 6.45) is 0.638. The molecule has 8 aromatic rings. The lowest BCUT2D eigenvalue weighted by molar-refractivity contribution is -0.0333. The molecule has 0 aliphatic carbocycles. The molecule has 6 unspecified atom stereocenters. The topological polar surface area (TPSA) is 275 Å². The molecule has 2 aliphatic rings. The number of carbonyl (C=O) groups is 2. The number of benzene rings is 8. The van der Waals surface area contributed by atoms with Crippen LogP contribution >= 0.6 is 0 Å². The molecule has 1 fully saturated rings.